The van der Waals surface area contributed by atoms with Crippen LogP contribution in [0.1, 0.15) is 25.5 Å². The molecule has 0 aliphatic rings. The van der Waals surface area contributed by atoms with Crippen molar-refractivity contribution < 1.29 is 14.6 Å². The van der Waals surface area contributed by atoms with Gasteiger partial charge < -0.3 is 19.9 Å². The molecule has 0 aliphatic heterocycles. The van der Waals surface area contributed by atoms with E-state index in [1.165, 1.54) is 0 Å². The summed E-state index contributed by atoms with van der Waals surface area (Å²) in [5, 5.41) is 13.5. The molecular weight excluding hydrogens is 274 g/mol. The van der Waals surface area contributed by atoms with E-state index in [9.17, 15) is 5.11 Å². The highest BCUT2D eigenvalue weighted by molar-refractivity contribution is 7.98. The average molecular weight is 299 g/mol. The minimum absolute atomic E-state index is 0.128. The topological polar surface area (TPSA) is 50.7 Å². The number of rotatable bonds is 8. The van der Waals surface area contributed by atoms with Crippen LogP contribution < -0.4 is 14.8 Å². The van der Waals surface area contributed by atoms with Crippen LogP contribution in [0.4, 0.5) is 0 Å². The Hall–Kier alpha value is -0.910. The first-order chi connectivity index (χ1) is 9.43. The first kappa shape index (κ1) is 17.1. The van der Waals surface area contributed by atoms with E-state index in [1.54, 1.807) is 26.0 Å². The third kappa shape index (κ3) is 4.89. The predicted molar refractivity (Wildman–Crippen MR) is 85.0 cm³/mol. The number of thioether (sulfide) groups is 1. The first-order valence-electron chi connectivity index (χ1n) is 6.60. The third-order valence-electron chi connectivity index (χ3n) is 3.15. The zero-order chi connectivity index (χ0) is 15.2. The van der Waals surface area contributed by atoms with Crippen molar-refractivity contribution in [1.29, 1.82) is 0 Å². The summed E-state index contributed by atoms with van der Waals surface area (Å²) in [4.78, 5) is 0. The molecule has 2 atom stereocenters. The minimum Gasteiger partial charge on any atom is -0.493 e. The Balaban J connectivity index is 2.70. The van der Waals surface area contributed by atoms with Gasteiger partial charge in [0.05, 0.1) is 19.8 Å². The van der Waals surface area contributed by atoms with E-state index in [4.69, 9.17) is 9.47 Å². The van der Waals surface area contributed by atoms with Crippen LogP contribution in [0.15, 0.2) is 18.2 Å². The van der Waals surface area contributed by atoms with E-state index in [2.05, 4.69) is 12.2 Å². The second-order valence-corrected chi connectivity index (χ2v) is 6.01. The fraction of sp³-hybridized carbons (Fsp3) is 0.600. The number of ether oxygens (including phenoxy) is 2. The maximum atomic E-state index is 10.2. The van der Waals surface area contributed by atoms with E-state index in [-0.39, 0.29) is 6.04 Å². The van der Waals surface area contributed by atoms with Crippen LogP contribution in [-0.4, -0.2) is 43.5 Å². The van der Waals surface area contributed by atoms with Crippen molar-refractivity contribution >= 4 is 11.8 Å². The largest absolute Gasteiger partial charge is 0.493 e. The molecule has 0 fully saturated rings. The van der Waals surface area contributed by atoms with E-state index in [0.29, 0.717) is 12.3 Å². The molecule has 5 heteroatoms. The Bertz CT molecular complexity index is 424. The van der Waals surface area contributed by atoms with Crippen molar-refractivity contribution in [3.8, 4) is 11.5 Å². The monoisotopic (exact) mass is 299 g/mol. The number of benzene rings is 1. The molecule has 4 nitrogen and oxygen atoms in total. The molecule has 20 heavy (non-hydrogen) atoms. The summed E-state index contributed by atoms with van der Waals surface area (Å²) >= 11 is 1.64. The van der Waals surface area contributed by atoms with E-state index in [1.807, 2.05) is 31.4 Å². The van der Waals surface area contributed by atoms with Gasteiger partial charge in [-0.2, -0.15) is 11.8 Å². The maximum Gasteiger partial charge on any atom is 0.161 e. The zero-order valence-electron chi connectivity index (χ0n) is 12.9. The zero-order valence-corrected chi connectivity index (χ0v) is 13.7. The van der Waals surface area contributed by atoms with Crippen molar-refractivity contribution in [2.45, 2.75) is 25.5 Å². The highest BCUT2D eigenvalue weighted by atomic mass is 32.2. The van der Waals surface area contributed by atoms with Gasteiger partial charge in [0, 0.05) is 18.3 Å². The molecule has 0 radical (unpaired) electrons. The summed E-state index contributed by atoms with van der Waals surface area (Å²) < 4.78 is 10.5. The molecule has 1 aromatic carbocycles. The van der Waals surface area contributed by atoms with Crippen molar-refractivity contribution in [2.75, 3.05) is 32.8 Å². The molecule has 0 saturated carbocycles. The van der Waals surface area contributed by atoms with Crippen LogP contribution in [0, 0.1) is 0 Å². The molecule has 1 rings (SSSR count). The Labute approximate surface area is 125 Å². The number of aliphatic hydroxyl groups is 1. The molecule has 0 spiro atoms. The summed E-state index contributed by atoms with van der Waals surface area (Å²) in [6.45, 7) is 4.46. The first-order valence-corrected chi connectivity index (χ1v) is 7.99. The second-order valence-electron chi connectivity index (χ2n) is 5.15. The standard InChI is InChI=1S/C15H25NO3S/c1-11(16-9-15(2,17)10-20-5)12-6-7-13(18-3)14(8-12)19-4/h6-8,11,16-17H,9-10H2,1-5H3. The summed E-state index contributed by atoms with van der Waals surface area (Å²) in [6, 6.07) is 5.98. The Morgan fingerprint density at radius 3 is 2.50 bits per heavy atom. The fourth-order valence-corrected chi connectivity index (χ4v) is 2.70. The van der Waals surface area contributed by atoms with Crippen molar-refractivity contribution in [3.05, 3.63) is 23.8 Å². The van der Waals surface area contributed by atoms with Gasteiger partial charge in [-0.15, -0.1) is 0 Å². The van der Waals surface area contributed by atoms with Crippen LogP contribution in [0.25, 0.3) is 0 Å². The van der Waals surface area contributed by atoms with Gasteiger partial charge in [0.25, 0.3) is 0 Å². The van der Waals surface area contributed by atoms with Gasteiger partial charge in [0.2, 0.25) is 0 Å². The fourth-order valence-electron chi connectivity index (χ4n) is 1.97. The Morgan fingerprint density at radius 1 is 1.30 bits per heavy atom. The molecule has 2 N–H and O–H groups in total. The molecule has 0 bridgehead atoms. The van der Waals surface area contributed by atoms with Crippen molar-refractivity contribution in [2.24, 2.45) is 0 Å². The molecule has 0 aromatic heterocycles. The van der Waals surface area contributed by atoms with Gasteiger partial charge in [-0.25, -0.2) is 0 Å². The molecule has 2 unspecified atom stereocenters. The smallest absolute Gasteiger partial charge is 0.161 e. The normalized spacial score (nSPS) is 15.5. The number of hydrogen-bond acceptors (Lipinski definition) is 5. The SMILES string of the molecule is COc1ccc(C(C)NCC(C)(O)CSC)cc1OC. The highest BCUT2D eigenvalue weighted by Gasteiger charge is 2.20. The number of methoxy groups -OCH3 is 2. The van der Waals surface area contributed by atoms with Crippen molar-refractivity contribution in [3.63, 3.8) is 0 Å². The molecule has 0 saturated heterocycles. The molecular formula is C15H25NO3S. The van der Waals surface area contributed by atoms with Crippen molar-refractivity contribution in [1.82, 2.24) is 5.32 Å². The van der Waals surface area contributed by atoms with Crippen LogP contribution in [0.5, 0.6) is 11.5 Å². The van der Waals surface area contributed by atoms with Crippen LogP contribution in [0.3, 0.4) is 0 Å². The second kappa shape index (κ2) is 7.76. The summed E-state index contributed by atoms with van der Waals surface area (Å²) in [7, 11) is 3.25. The van der Waals surface area contributed by atoms with Gasteiger partial charge >= 0.3 is 0 Å². The Kier molecular flexibility index (Phi) is 6.65. The van der Waals surface area contributed by atoms with Gasteiger partial charge in [0.1, 0.15) is 0 Å². The summed E-state index contributed by atoms with van der Waals surface area (Å²) in [5.74, 6) is 2.14. The maximum absolute atomic E-state index is 10.2. The van der Waals surface area contributed by atoms with E-state index >= 15 is 0 Å². The Morgan fingerprint density at radius 2 is 1.95 bits per heavy atom. The van der Waals surface area contributed by atoms with Crippen LogP contribution >= 0.6 is 11.8 Å². The van der Waals surface area contributed by atoms with Gasteiger partial charge in [-0.3, -0.25) is 0 Å². The molecule has 1 aromatic rings. The predicted octanol–water partition coefficient (Wildman–Crippen LogP) is 2.47. The average Bonchev–Trinajstić information content (AvgIpc) is 2.44. The van der Waals surface area contributed by atoms with Gasteiger partial charge in [-0.05, 0) is 37.8 Å². The summed E-state index contributed by atoms with van der Waals surface area (Å²) in [6.07, 6.45) is 1.99. The molecule has 114 valence electrons. The molecule has 0 heterocycles. The quantitative estimate of drug-likeness (QED) is 0.772. The van der Waals surface area contributed by atoms with Gasteiger partial charge in [-0.1, -0.05) is 6.07 Å². The molecule has 0 aliphatic carbocycles. The van der Waals surface area contributed by atoms with Crippen LogP contribution in [-0.2, 0) is 0 Å². The third-order valence-corrected chi connectivity index (χ3v) is 4.06. The number of nitrogens with one attached hydrogen (secondary N) is 1. The van der Waals surface area contributed by atoms with E-state index in [0.717, 1.165) is 17.1 Å². The lowest BCUT2D eigenvalue weighted by atomic mass is 10.1. The lowest BCUT2D eigenvalue weighted by Crippen LogP contribution is -2.40. The molecule has 0 amide bonds. The lowest BCUT2D eigenvalue weighted by Gasteiger charge is -2.25. The highest BCUT2D eigenvalue weighted by Crippen LogP contribution is 2.29. The van der Waals surface area contributed by atoms with Gasteiger partial charge in [0.15, 0.2) is 11.5 Å². The minimum atomic E-state index is -0.704. The summed E-state index contributed by atoms with van der Waals surface area (Å²) in [5.41, 5.74) is 0.395. The lowest BCUT2D eigenvalue weighted by molar-refractivity contribution is 0.0820. The van der Waals surface area contributed by atoms with Crippen LogP contribution in [0.2, 0.25) is 0 Å². The number of hydrogen-bond donors (Lipinski definition) is 2. The van der Waals surface area contributed by atoms with E-state index < -0.39 is 5.60 Å².